The van der Waals surface area contributed by atoms with Crippen molar-refractivity contribution in [3.63, 3.8) is 0 Å². The summed E-state index contributed by atoms with van der Waals surface area (Å²) >= 11 is 0. The number of Topliss-reactive ketones (excluding diaryl/α,β-unsaturated/α-hetero) is 1. The van der Waals surface area contributed by atoms with Crippen molar-refractivity contribution < 1.29 is 9.53 Å². The van der Waals surface area contributed by atoms with Crippen molar-refractivity contribution in [3.05, 3.63) is 30.0 Å². The Morgan fingerprint density at radius 2 is 2.25 bits per heavy atom. The normalized spacial score (nSPS) is 10.6. The van der Waals surface area contributed by atoms with Gasteiger partial charge in [0.15, 0.2) is 5.78 Å². The number of methoxy groups -OCH3 is 1. The summed E-state index contributed by atoms with van der Waals surface area (Å²) in [6.07, 6.45) is 0. The van der Waals surface area contributed by atoms with E-state index in [9.17, 15) is 4.79 Å². The van der Waals surface area contributed by atoms with Crippen LogP contribution in [-0.4, -0.2) is 31.5 Å². The molecule has 2 N–H and O–H groups in total. The fourth-order valence-electron chi connectivity index (χ4n) is 1.64. The van der Waals surface area contributed by atoms with E-state index in [1.54, 1.807) is 14.2 Å². The summed E-state index contributed by atoms with van der Waals surface area (Å²) in [5, 5.41) is 3.85. The molecule has 0 atom stereocenters. The highest BCUT2D eigenvalue weighted by Crippen LogP contribution is 2.21. The summed E-state index contributed by atoms with van der Waals surface area (Å²) < 4.78 is 5.12. The number of carbonyl (C=O) groups is 1. The van der Waals surface area contributed by atoms with Gasteiger partial charge in [0.2, 0.25) is 0 Å². The number of hydrogen-bond donors (Lipinski definition) is 2. The van der Waals surface area contributed by atoms with Crippen LogP contribution < -0.4 is 10.1 Å². The predicted molar refractivity (Wildman–Crippen MR) is 63.1 cm³/mol. The van der Waals surface area contributed by atoms with Gasteiger partial charge in [-0.1, -0.05) is 0 Å². The van der Waals surface area contributed by atoms with E-state index in [4.69, 9.17) is 4.74 Å². The molecule has 0 unspecified atom stereocenters. The monoisotopic (exact) mass is 218 g/mol. The molecule has 1 heterocycles. The van der Waals surface area contributed by atoms with E-state index < -0.39 is 0 Å². The number of carbonyl (C=O) groups excluding carboxylic acids is 1. The second-order valence-electron chi connectivity index (χ2n) is 3.59. The van der Waals surface area contributed by atoms with Crippen molar-refractivity contribution in [2.45, 2.75) is 0 Å². The van der Waals surface area contributed by atoms with Gasteiger partial charge in [-0.2, -0.15) is 0 Å². The molecule has 84 valence electrons. The Kier molecular flexibility index (Phi) is 2.92. The molecule has 1 aromatic carbocycles. The number of benzene rings is 1. The number of ether oxygens (including phenoxy) is 1. The highest BCUT2D eigenvalue weighted by molar-refractivity contribution is 6.00. The SMILES string of the molecule is CNCC(=O)c1cc2ccc(OC)cc2[nH]1. The van der Waals surface area contributed by atoms with Gasteiger partial charge in [-0.15, -0.1) is 0 Å². The number of aromatic amines is 1. The molecule has 0 bridgehead atoms. The van der Waals surface area contributed by atoms with Gasteiger partial charge < -0.3 is 15.0 Å². The Balaban J connectivity index is 2.39. The summed E-state index contributed by atoms with van der Waals surface area (Å²) in [4.78, 5) is 14.7. The summed E-state index contributed by atoms with van der Waals surface area (Å²) in [5.74, 6) is 0.833. The number of nitrogens with one attached hydrogen (secondary N) is 2. The number of aromatic nitrogens is 1. The molecule has 4 nitrogen and oxygen atoms in total. The Labute approximate surface area is 93.6 Å². The van der Waals surface area contributed by atoms with Crippen LogP contribution in [0.15, 0.2) is 24.3 Å². The number of hydrogen-bond acceptors (Lipinski definition) is 3. The number of likely N-dealkylation sites (N-methyl/N-ethyl adjacent to an activating group) is 1. The van der Waals surface area contributed by atoms with Crippen LogP contribution in [0.5, 0.6) is 5.75 Å². The van der Waals surface area contributed by atoms with Crippen LogP contribution in [-0.2, 0) is 0 Å². The first-order valence-electron chi connectivity index (χ1n) is 5.09. The molecule has 1 aromatic heterocycles. The van der Waals surface area contributed by atoms with Gasteiger partial charge in [0.05, 0.1) is 19.3 Å². The van der Waals surface area contributed by atoms with Gasteiger partial charge in [0.25, 0.3) is 0 Å². The van der Waals surface area contributed by atoms with E-state index in [2.05, 4.69) is 10.3 Å². The molecular formula is C12H14N2O2. The molecule has 16 heavy (non-hydrogen) atoms. The third kappa shape index (κ3) is 1.92. The highest BCUT2D eigenvalue weighted by atomic mass is 16.5. The van der Waals surface area contributed by atoms with Gasteiger partial charge in [-0.25, -0.2) is 0 Å². The van der Waals surface area contributed by atoms with E-state index in [1.807, 2.05) is 24.3 Å². The van der Waals surface area contributed by atoms with Crippen molar-refractivity contribution in [1.82, 2.24) is 10.3 Å². The zero-order valence-electron chi connectivity index (χ0n) is 9.33. The first-order chi connectivity index (χ1) is 7.74. The van der Waals surface area contributed by atoms with Crippen LogP contribution in [0.3, 0.4) is 0 Å². The summed E-state index contributed by atoms with van der Waals surface area (Å²) in [5.41, 5.74) is 1.54. The average Bonchev–Trinajstić information content (AvgIpc) is 2.71. The lowest BCUT2D eigenvalue weighted by molar-refractivity contribution is 0.0989. The van der Waals surface area contributed by atoms with Gasteiger partial charge in [0, 0.05) is 17.0 Å². The molecule has 0 saturated heterocycles. The molecular weight excluding hydrogens is 204 g/mol. The molecule has 4 heteroatoms. The standard InChI is InChI=1S/C12H14N2O2/c1-13-7-12(15)11-5-8-3-4-9(16-2)6-10(8)14-11/h3-6,13-14H,7H2,1-2H3. The molecule has 0 aliphatic heterocycles. The van der Waals surface area contributed by atoms with E-state index >= 15 is 0 Å². The summed E-state index contributed by atoms with van der Waals surface area (Å²) in [6.45, 7) is 0.337. The Morgan fingerprint density at radius 1 is 1.44 bits per heavy atom. The third-order valence-electron chi connectivity index (χ3n) is 2.47. The minimum absolute atomic E-state index is 0.0534. The molecule has 2 aromatic rings. The first-order valence-corrected chi connectivity index (χ1v) is 5.09. The second-order valence-corrected chi connectivity index (χ2v) is 3.59. The summed E-state index contributed by atoms with van der Waals surface area (Å²) in [7, 11) is 3.38. The van der Waals surface area contributed by atoms with Crippen molar-refractivity contribution in [2.75, 3.05) is 20.7 Å². The maximum Gasteiger partial charge on any atom is 0.192 e. The lowest BCUT2D eigenvalue weighted by Crippen LogP contribution is -2.18. The smallest absolute Gasteiger partial charge is 0.192 e. The number of fused-ring (bicyclic) bond motifs is 1. The predicted octanol–water partition coefficient (Wildman–Crippen LogP) is 1.58. The van der Waals surface area contributed by atoms with Gasteiger partial charge in [0.1, 0.15) is 5.75 Å². The van der Waals surface area contributed by atoms with Gasteiger partial charge in [-0.05, 0) is 25.2 Å². The highest BCUT2D eigenvalue weighted by Gasteiger charge is 2.08. The number of ketones is 1. The van der Waals surface area contributed by atoms with Crippen molar-refractivity contribution in [1.29, 1.82) is 0 Å². The lowest BCUT2D eigenvalue weighted by atomic mass is 10.2. The average molecular weight is 218 g/mol. The first kappa shape index (κ1) is 10.7. The molecule has 0 aliphatic carbocycles. The van der Waals surface area contributed by atoms with Crippen LogP contribution in [0, 0.1) is 0 Å². The van der Waals surface area contributed by atoms with Crippen LogP contribution in [0.1, 0.15) is 10.5 Å². The molecule has 0 saturated carbocycles. The van der Waals surface area contributed by atoms with Crippen LogP contribution in [0.2, 0.25) is 0 Å². The largest absolute Gasteiger partial charge is 0.497 e. The maximum atomic E-state index is 11.6. The van der Waals surface area contributed by atoms with E-state index in [0.29, 0.717) is 12.2 Å². The van der Waals surface area contributed by atoms with Crippen molar-refractivity contribution >= 4 is 16.7 Å². The second kappa shape index (κ2) is 4.37. The van der Waals surface area contributed by atoms with Crippen LogP contribution >= 0.6 is 0 Å². The van der Waals surface area contributed by atoms with Crippen LogP contribution in [0.4, 0.5) is 0 Å². The van der Waals surface area contributed by atoms with Gasteiger partial charge in [-0.3, -0.25) is 4.79 Å². The van der Waals surface area contributed by atoms with Crippen molar-refractivity contribution in [3.8, 4) is 5.75 Å². The quantitative estimate of drug-likeness (QED) is 0.766. The zero-order chi connectivity index (χ0) is 11.5. The third-order valence-corrected chi connectivity index (χ3v) is 2.47. The number of H-pyrrole nitrogens is 1. The minimum atomic E-state index is 0.0534. The molecule has 0 aliphatic rings. The lowest BCUT2D eigenvalue weighted by Gasteiger charge is -1.97. The number of rotatable bonds is 4. The Hall–Kier alpha value is -1.81. The fraction of sp³-hybridized carbons (Fsp3) is 0.250. The molecule has 2 rings (SSSR count). The topological polar surface area (TPSA) is 54.1 Å². The van der Waals surface area contributed by atoms with Crippen LogP contribution in [0.25, 0.3) is 10.9 Å². The van der Waals surface area contributed by atoms with E-state index in [-0.39, 0.29) is 5.78 Å². The maximum absolute atomic E-state index is 11.6. The van der Waals surface area contributed by atoms with Crippen molar-refractivity contribution in [2.24, 2.45) is 0 Å². The summed E-state index contributed by atoms with van der Waals surface area (Å²) in [6, 6.07) is 7.54. The Bertz CT molecular complexity index is 517. The van der Waals surface area contributed by atoms with E-state index in [0.717, 1.165) is 16.7 Å². The molecule has 0 spiro atoms. The van der Waals surface area contributed by atoms with E-state index in [1.165, 1.54) is 0 Å². The Morgan fingerprint density at radius 3 is 2.94 bits per heavy atom. The molecule has 0 amide bonds. The molecule has 0 radical (unpaired) electrons. The fourth-order valence-corrected chi connectivity index (χ4v) is 1.64. The minimum Gasteiger partial charge on any atom is -0.497 e. The molecule has 0 fully saturated rings. The van der Waals surface area contributed by atoms with Gasteiger partial charge >= 0.3 is 0 Å². The zero-order valence-corrected chi connectivity index (χ0v) is 9.33.